The Hall–Kier alpha value is -3.58. The summed E-state index contributed by atoms with van der Waals surface area (Å²) in [6, 6.07) is 17.4. The first kappa shape index (κ1) is 22.6. The van der Waals surface area contributed by atoms with Crippen LogP contribution >= 0.6 is 11.3 Å². The number of benzene rings is 2. The van der Waals surface area contributed by atoms with E-state index < -0.39 is 17.7 Å². The Morgan fingerprint density at radius 3 is 2.58 bits per heavy atom. The number of rotatable bonds is 8. The summed E-state index contributed by atoms with van der Waals surface area (Å²) in [5.74, 6) is -0.286. The summed E-state index contributed by atoms with van der Waals surface area (Å²) >= 11 is 1.44. The maximum atomic E-state index is 13.1. The molecule has 4 rings (SSSR count). The predicted octanol–water partition coefficient (Wildman–Crippen LogP) is 5.17. The summed E-state index contributed by atoms with van der Waals surface area (Å²) in [5, 5.41) is 13.1. The fraction of sp³-hybridized carbons (Fsp3) is 0.231. The summed E-state index contributed by atoms with van der Waals surface area (Å²) in [4.78, 5) is 28.6. The number of carbonyl (C=O) groups is 2. The summed E-state index contributed by atoms with van der Waals surface area (Å²) in [6.45, 7) is 2.76. The molecule has 6 nitrogen and oxygen atoms in total. The topological polar surface area (TPSA) is 76.1 Å². The zero-order chi connectivity index (χ0) is 23.4. The molecule has 1 amide bonds. The number of nitrogens with zero attached hydrogens (tertiary/aromatic N) is 1. The lowest BCUT2D eigenvalue weighted by atomic mass is 9.99. The normalized spacial score (nSPS) is 17.4. The van der Waals surface area contributed by atoms with Crippen LogP contribution in [0.1, 0.15) is 35.4 Å². The number of likely N-dealkylation sites (tertiary alicyclic amines) is 1. The van der Waals surface area contributed by atoms with Crippen molar-refractivity contribution in [1.82, 2.24) is 4.90 Å². The van der Waals surface area contributed by atoms with Gasteiger partial charge in [-0.25, -0.2) is 0 Å². The molecule has 1 aliphatic heterocycles. The molecule has 3 aromatic rings. The number of ketones is 1. The third kappa shape index (κ3) is 4.64. The zero-order valence-corrected chi connectivity index (χ0v) is 19.3. The fourth-order valence-corrected chi connectivity index (χ4v) is 4.71. The van der Waals surface area contributed by atoms with E-state index in [0.29, 0.717) is 23.7 Å². The number of thiophene rings is 1. The second kappa shape index (κ2) is 9.92. The van der Waals surface area contributed by atoms with Crippen LogP contribution < -0.4 is 9.47 Å². The van der Waals surface area contributed by atoms with E-state index in [0.717, 1.165) is 16.9 Å². The van der Waals surface area contributed by atoms with Crippen LogP contribution in [0.2, 0.25) is 0 Å². The Morgan fingerprint density at radius 1 is 1.06 bits per heavy atom. The first-order valence-electron chi connectivity index (χ1n) is 10.7. The maximum absolute atomic E-state index is 13.1. The number of aliphatic hydroxyl groups is 1. The molecule has 2 heterocycles. The summed E-state index contributed by atoms with van der Waals surface area (Å²) in [7, 11) is 1.58. The Labute approximate surface area is 196 Å². The average molecular weight is 464 g/mol. The van der Waals surface area contributed by atoms with Gasteiger partial charge in [0.2, 0.25) is 0 Å². The van der Waals surface area contributed by atoms with Crippen LogP contribution in [0.15, 0.2) is 71.6 Å². The Balaban J connectivity index is 1.77. The van der Waals surface area contributed by atoms with E-state index >= 15 is 0 Å². The number of aliphatic hydroxyl groups excluding tert-OH is 1. The van der Waals surface area contributed by atoms with Crippen molar-refractivity contribution >= 4 is 28.8 Å². The molecule has 1 atom stereocenters. The number of amides is 1. The molecule has 0 spiro atoms. The highest BCUT2D eigenvalue weighted by Gasteiger charge is 2.46. The van der Waals surface area contributed by atoms with Gasteiger partial charge in [0.1, 0.15) is 17.3 Å². The maximum Gasteiger partial charge on any atom is 0.295 e. The van der Waals surface area contributed by atoms with E-state index in [1.807, 2.05) is 48.7 Å². The SMILES string of the molecule is CCCOc1cccc(/C(O)=C2/C(=O)C(=O)N(Cc3cccc(OC)c3)C2c2cccs2)c1. The molecular weight excluding hydrogens is 438 g/mol. The molecule has 170 valence electrons. The van der Waals surface area contributed by atoms with Crippen molar-refractivity contribution < 1.29 is 24.2 Å². The molecule has 0 saturated carbocycles. The molecule has 2 aromatic carbocycles. The molecule has 0 bridgehead atoms. The quantitative estimate of drug-likeness (QED) is 0.283. The van der Waals surface area contributed by atoms with E-state index in [2.05, 4.69) is 0 Å². The molecule has 33 heavy (non-hydrogen) atoms. The van der Waals surface area contributed by atoms with Crippen molar-refractivity contribution in [2.45, 2.75) is 25.9 Å². The van der Waals surface area contributed by atoms with E-state index in [1.54, 1.807) is 31.4 Å². The van der Waals surface area contributed by atoms with Crippen molar-refractivity contribution in [2.24, 2.45) is 0 Å². The molecule has 0 radical (unpaired) electrons. The highest BCUT2D eigenvalue weighted by molar-refractivity contribution is 7.10. The number of hydrogen-bond donors (Lipinski definition) is 1. The molecule has 0 aliphatic carbocycles. The van der Waals surface area contributed by atoms with Gasteiger partial charge in [-0.1, -0.05) is 37.3 Å². The van der Waals surface area contributed by atoms with Gasteiger partial charge >= 0.3 is 0 Å². The fourth-order valence-electron chi connectivity index (χ4n) is 3.86. The van der Waals surface area contributed by atoms with Gasteiger partial charge in [-0.05, 0) is 47.7 Å². The number of Topliss-reactive ketones (excluding diaryl/α,β-unsaturated/α-hetero) is 1. The molecule has 1 unspecified atom stereocenters. The third-order valence-electron chi connectivity index (χ3n) is 5.42. The van der Waals surface area contributed by atoms with E-state index in [4.69, 9.17) is 9.47 Å². The first-order valence-corrected chi connectivity index (χ1v) is 11.6. The van der Waals surface area contributed by atoms with Crippen molar-refractivity contribution in [2.75, 3.05) is 13.7 Å². The van der Waals surface area contributed by atoms with Crippen molar-refractivity contribution in [3.05, 3.63) is 87.6 Å². The Morgan fingerprint density at radius 2 is 1.85 bits per heavy atom. The van der Waals surface area contributed by atoms with Crippen LogP contribution in [0, 0.1) is 0 Å². The number of methoxy groups -OCH3 is 1. The van der Waals surface area contributed by atoms with Gasteiger partial charge < -0.3 is 19.5 Å². The smallest absolute Gasteiger partial charge is 0.295 e. The van der Waals surface area contributed by atoms with Crippen molar-refractivity contribution in [1.29, 1.82) is 0 Å². The monoisotopic (exact) mass is 463 g/mol. The number of ether oxygens (including phenoxy) is 2. The van der Waals surface area contributed by atoms with Crippen LogP contribution in [0.3, 0.4) is 0 Å². The first-order chi connectivity index (χ1) is 16.0. The molecule has 1 aliphatic rings. The van der Waals surface area contributed by atoms with Gasteiger partial charge in [0.15, 0.2) is 0 Å². The number of hydrogen-bond acceptors (Lipinski definition) is 6. The predicted molar refractivity (Wildman–Crippen MR) is 127 cm³/mol. The van der Waals surface area contributed by atoms with Gasteiger partial charge in [-0.3, -0.25) is 9.59 Å². The highest BCUT2D eigenvalue weighted by atomic mass is 32.1. The van der Waals surface area contributed by atoms with E-state index in [-0.39, 0.29) is 17.9 Å². The lowest BCUT2D eigenvalue weighted by molar-refractivity contribution is -0.140. The van der Waals surface area contributed by atoms with Crippen LogP contribution in [-0.4, -0.2) is 35.4 Å². The van der Waals surface area contributed by atoms with Crippen LogP contribution in [0.4, 0.5) is 0 Å². The van der Waals surface area contributed by atoms with Crippen LogP contribution in [0.5, 0.6) is 11.5 Å². The number of carbonyl (C=O) groups excluding carboxylic acids is 2. The van der Waals surface area contributed by atoms with E-state index in [1.165, 1.54) is 16.2 Å². The minimum atomic E-state index is -0.700. The van der Waals surface area contributed by atoms with Crippen molar-refractivity contribution in [3.63, 3.8) is 0 Å². The lowest BCUT2D eigenvalue weighted by Crippen LogP contribution is -2.28. The van der Waals surface area contributed by atoms with Crippen LogP contribution in [0.25, 0.3) is 5.76 Å². The standard InChI is InChI=1S/C26H25NO5S/c1-3-12-32-20-10-5-8-18(15-20)24(28)22-23(21-11-6-13-33-21)27(26(30)25(22)29)16-17-7-4-9-19(14-17)31-2/h4-11,13-15,23,28H,3,12,16H2,1-2H3/b24-22-. The molecule has 7 heteroatoms. The van der Waals surface area contributed by atoms with Gasteiger partial charge in [0.25, 0.3) is 11.7 Å². The third-order valence-corrected chi connectivity index (χ3v) is 6.34. The molecule has 1 fully saturated rings. The molecular formula is C26H25NO5S. The van der Waals surface area contributed by atoms with Gasteiger partial charge in [-0.2, -0.15) is 0 Å². The van der Waals surface area contributed by atoms with E-state index in [9.17, 15) is 14.7 Å². The van der Waals surface area contributed by atoms with Gasteiger partial charge in [-0.15, -0.1) is 11.3 Å². The minimum Gasteiger partial charge on any atom is -0.507 e. The molecule has 1 aromatic heterocycles. The van der Waals surface area contributed by atoms with Gasteiger partial charge in [0, 0.05) is 17.0 Å². The zero-order valence-electron chi connectivity index (χ0n) is 18.5. The lowest BCUT2D eigenvalue weighted by Gasteiger charge is -2.24. The summed E-state index contributed by atoms with van der Waals surface area (Å²) in [6.07, 6.45) is 0.851. The summed E-state index contributed by atoms with van der Waals surface area (Å²) < 4.78 is 11.0. The molecule has 1 saturated heterocycles. The Bertz CT molecular complexity index is 1180. The second-order valence-electron chi connectivity index (χ2n) is 7.67. The Kier molecular flexibility index (Phi) is 6.79. The minimum absolute atomic E-state index is 0.0815. The van der Waals surface area contributed by atoms with Crippen LogP contribution in [-0.2, 0) is 16.1 Å². The largest absolute Gasteiger partial charge is 0.507 e. The van der Waals surface area contributed by atoms with Crippen molar-refractivity contribution in [3.8, 4) is 11.5 Å². The average Bonchev–Trinajstić information content (AvgIpc) is 3.45. The molecule has 1 N–H and O–H groups in total. The second-order valence-corrected chi connectivity index (χ2v) is 8.65. The summed E-state index contributed by atoms with van der Waals surface area (Å²) in [5.41, 5.74) is 1.34. The highest BCUT2D eigenvalue weighted by Crippen LogP contribution is 2.42. The van der Waals surface area contributed by atoms with Gasteiger partial charge in [0.05, 0.1) is 25.3 Å².